The van der Waals surface area contributed by atoms with Crippen molar-refractivity contribution in [3.05, 3.63) is 42.6 Å². The minimum Gasteiger partial charge on any atom is -0.494 e. The molecule has 0 radical (unpaired) electrons. The van der Waals surface area contributed by atoms with Crippen LogP contribution in [-0.2, 0) is 9.84 Å². The minimum atomic E-state index is -3.25. The molecule has 0 bridgehead atoms. The van der Waals surface area contributed by atoms with Crippen LogP contribution in [0.3, 0.4) is 0 Å². The van der Waals surface area contributed by atoms with Crippen LogP contribution in [0.4, 0.5) is 0 Å². The number of sulfone groups is 1. The van der Waals surface area contributed by atoms with Crippen molar-refractivity contribution in [3.63, 3.8) is 0 Å². The maximum absolute atomic E-state index is 11.3. The highest BCUT2D eigenvalue weighted by molar-refractivity contribution is 7.90. The molecule has 0 N–H and O–H groups in total. The summed E-state index contributed by atoms with van der Waals surface area (Å²) in [6.07, 6.45) is 3.69. The van der Waals surface area contributed by atoms with E-state index in [1.807, 2.05) is 24.3 Å². The summed E-state index contributed by atoms with van der Waals surface area (Å²) in [5.41, 5.74) is 1.85. The van der Waals surface area contributed by atoms with Crippen LogP contribution in [0.1, 0.15) is 13.3 Å². The molecule has 0 aliphatic rings. The minimum absolute atomic E-state index is 0.0872. The lowest BCUT2D eigenvalue weighted by atomic mass is 10.1. The molecular weight excluding hydrogens is 274 g/mol. The van der Waals surface area contributed by atoms with Crippen LogP contribution in [0.5, 0.6) is 5.75 Å². The van der Waals surface area contributed by atoms with Gasteiger partial charge >= 0.3 is 0 Å². The van der Waals surface area contributed by atoms with Gasteiger partial charge in [0.25, 0.3) is 0 Å². The Balaban J connectivity index is 2.19. The monoisotopic (exact) mass is 291 g/mol. The normalized spacial score (nSPS) is 11.3. The van der Waals surface area contributed by atoms with E-state index in [0.717, 1.165) is 29.6 Å². The number of benzene rings is 1. The van der Waals surface area contributed by atoms with Crippen LogP contribution in [0.2, 0.25) is 0 Å². The second-order valence-electron chi connectivity index (χ2n) is 4.53. The topological polar surface area (TPSA) is 56.3 Å². The maximum atomic E-state index is 11.3. The third kappa shape index (κ3) is 3.57. The van der Waals surface area contributed by atoms with Crippen LogP contribution in [0, 0.1) is 0 Å². The molecule has 0 saturated carbocycles. The highest BCUT2D eigenvalue weighted by Crippen LogP contribution is 2.22. The maximum Gasteiger partial charge on any atom is 0.192 e. The molecule has 106 valence electrons. The second-order valence-corrected chi connectivity index (χ2v) is 6.49. The van der Waals surface area contributed by atoms with Gasteiger partial charge in [0.15, 0.2) is 14.9 Å². The Kier molecular flexibility index (Phi) is 4.39. The molecule has 5 heteroatoms. The molecule has 0 unspecified atom stereocenters. The molecule has 0 aliphatic carbocycles. The Morgan fingerprint density at radius 1 is 1.05 bits per heavy atom. The Labute approximate surface area is 119 Å². The third-order valence-electron chi connectivity index (χ3n) is 2.78. The molecule has 2 rings (SSSR count). The predicted molar refractivity (Wildman–Crippen MR) is 78.6 cm³/mol. The van der Waals surface area contributed by atoms with E-state index >= 15 is 0 Å². The van der Waals surface area contributed by atoms with E-state index in [1.165, 1.54) is 6.07 Å². The first-order valence-electron chi connectivity index (χ1n) is 6.40. The van der Waals surface area contributed by atoms with Gasteiger partial charge in [0, 0.05) is 18.0 Å². The summed E-state index contributed by atoms with van der Waals surface area (Å²) < 4.78 is 28.2. The molecule has 0 fully saturated rings. The molecule has 1 heterocycles. The van der Waals surface area contributed by atoms with Crippen molar-refractivity contribution in [1.29, 1.82) is 0 Å². The van der Waals surface area contributed by atoms with Gasteiger partial charge in [-0.3, -0.25) is 0 Å². The fourth-order valence-corrected chi connectivity index (χ4v) is 2.29. The quantitative estimate of drug-likeness (QED) is 0.850. The number of aromatic nitrogens is 1. The Bertz CT molecular complexity index is 661. The van der Waals surface area contributed by atoms with Gasteiger partial charge in [-0.2, -0.15) is 0 Å². The van der Waals surface area contributed by atoms with E-state index in [4.69, 9.17) is 4.74 Å². The summed E-state index contributed by atoms with van der Waals surface area (Å²) >= 11 is 0. The summed E-state index contributed by atoms with van der Waals surface area (Å²) in [6.45, 7) is 2.76. The average molecular weight is 291 g/mol. The van der Waals surface area contributed by atoms with Crippen LogP contribution < -0.4 is 4.74 Å². The van der Waals surface area contributed by atoms with Gasteiger partial charge in [0.1, 0.15) is 5.75 Å². The summed E-state index contributed by atoms with van der Waals surface area (Å²) in [4.78, 5) is 3.98. The molecule has 4 nitrogen and oxygen atoms in total. The van der Waals surface area contributed by atoms with Gasteiger partial charge in [-0.1, -0.05) is 19.1 Å². The lowest BCUT2D eigenvalue weighted by molar-refractivity contribution is 0.317. The van der Waals surface area contributed by atoms with Crippen LogP contribution in [-0.4, -0.2) is 26.3 Å². The van der Waals surface area contributed by atoms with Crippen molar-refractivity contribution in [2.24, 2.45) is 0 Å². The molecule has 1 aromatic heterocycles. The lowest BCUT2D eigenvalue weighted by Gasteiger charge is -2.06. The van der Waals surface area contributed by atoms with Crippen LogP contribution in [0.25, 0.3) is 11.1 Å². The standard InChI is InChI=1S/C15H17NO3S/c1-3-10-19-14-7-4-12(5-8-14)13-6-9-15(16-11-13)20(2,17)18/h4-9,11H,3,10H2,1-2H3. The Morgan fingerprint density at radius 3 is 2.20 bits per heavy atom. The number of hydrogen-bond acceptors (Lipinski definition) is 4. The van der Waals surface area contributed by atoms with E-state index in [-0.39, 0.29) is 5.03 Å². The summed E-state index contributed by atoms with van der Waals surface area (Å²) in [6, 6.07) is 10.9. The molecule has 20 heavy (non-hydrogen) atoms. The molecule has 1 aromatic carbocycles. The third-order valence-corrected chi connectivity index (χ3v) is 3.78. The van der Waals surface area contributed by atoms with Gasteiger partial charge in [-0.15, -0.1) is 0 Å². The van der Waals surface area contributed by atoms with Crippen molar-refractivity contribution in [3.8, 4) is 16.9 Å². The Morgan fingerprint density at radius 2 is 1.70 bits per heavy atom. The molecule has 2 aromatic rings. The SMILES string of the molecule is CCCOc1ccc(-c2ccc(S(C)(=O)=O)nc2)cc1. The molecule has 0 spiro atoms. The van der Waals surface area contributed by atoms with Gasteiger partial charge in [0.2, 0.25) is 0 Å². The second kappa shape index (κ2) is 6.05. The number of pyridine rings is 1. The smallest absolute Gasteiger partial charge is 0.192 e. The van der Waals surface area contributed by atoms with E-state index in [2.05, 4.69) is 11.9 Å². The molecule has 0 aliphatic heterocycles. The van der Waals surface area contributed by atoms with Gasteiger partial charge in [-0.25, -0.2) is 13.4 Å². The van der Waals surface area contributed by atoms with Gasteiger partial charge in [0.05, 0.1) is 6.61 Å². The molecule has 0 atom stereocenters. The summed E-state index contributed by atoms with van der Waals surface area (Å²) in [7, 11) is -3.25. The zero-order valence-electron chi connectivity index (χ0n) is 11.5. The summed E-state index contributed by atoms with van der Waals surface area (Å²) in [5.74, 6) is 0.830. The van der Waals surface area contributed by atoms with Gasteiger partial charge < -0.3 is 4.74 Å². The zero-order valence-corrected chi connectivity index (χ0v) is 12.4. The fraction of sp³-hybridized carbons (Fsp3) is 0.267. The first-order valence-corrected chi connectivity index (χ1v) is 8.29. The fourth-order valence-electron chi connectivity index (χ4n) is 1.73. The van der Waals surface area contributed by atoms with Crippen LogP contribution in [0.15, 0.2) is 47.6 Å². The number of ether oxygens (including phenoxy) is 1. The Hall–Kier alpha value is -1.88. The van der Waals surface area contributed by atoms with Gasteiger partial charge in [-0.05, 0) is 36.2 Å². The van der Waals surface area contributed by atoms with Crippen molar-refractivity contribution >= 4 is 9.84 Å². The zero-order chi connectivity index (χ0) is 14.6. The van der Waals surface area contributed by atoms with Crippen molar-refractivity contribution < 1.29 is 13.2 Å². The first-order chi connectivity index (χ1) is 9.50. The predicted octanol–water partition coefficient (Wildman–Crippen LogP) is 2.94. The molecular formula is C15H17NO3S. The lowest BCUT2D eigenvalue weighted by Crippen LogP contribution is -1.99. The number of rotatable bonds is 5. The summed E-state index contributed by atoms with van der Waals surface area (Å²) in [5, 5.41) is 0.0872. The molecule has 0 saturated heterocycles. The van der Waals surface area contributed by atoms with E-state index in [1.54, 1.807) is 12.3 Å². The van der Waals surface area contributed by atoms with E-state index in [0.29, 0.717) is 6.61 Å². The first kappa shape index (κ1) is 14.5. The van der Waals surface area contributed by atoms with E-state index < -0.39 is 9.84 Å². The number of nitrogens with zero attached hydrogens (tertiary/aromatic N) is 1. The van der Waals surface area contributed by atoms with Crippen molar-refractivity contribution in [1.82, 2.24) is 4.98 Å². The highest BCUT2D eigenvalue weighted by Gasteiger charge is 2.08. The van der Waals surface area contributed by atoms with Crippen LogP contribution >= 0.6 is 0 Å². The molecule has 0 amide bonds. The largest absolute Gasteiger partial charge is 0.494 e. The van der Waals surface area contributed by atoms with E-state index in [9.17, 15) is 8.42 Å². The number of hydrogen-bond donors (Lipinski definition) is 0. The van der Waals surface area contributed by atoms with Crippen molar-refractivity contribution in [2.75, 3.05) is 12.9 Å². The average Bonchev–Trinajstić information content (AvgIpc) is 2.45. The van der Waals surface area contributed by atoms with Crippen molar-refractivity contribution in [2.45, 2.75) is 18.4 Å². The highest BCUT2D eigenvalue weighted by atomic mass is 32.2.